The first-order valence-corrected chi connectivity index (χ1v) is 4.15. The lowest BCUT2D eigenvalue weighted by Crippen LogP contribution is -2.07. The molecule has 0 aliphatic rings. The smallest absolute Gasteiger partial charge is 0.303 e. The summed E-state index contributed by atoms with van der Waals surface area (Å²) < 4.78 is 1.61. The Bertz CT molecular complexity index is 295. The van der Waals surface area contributed by atoms with Crippen LogP contribution in [0.1, 0.15) is 19.0 Å². The van der Waals surface area contributed by atoms with Crippen molar-refractivity contribution in [3.05, 3.63) is 11.9 Å². The highest BCUT2D eigenvalue weighted by Gasteiger charge is 2.10. The second-order valence-corrected chi connectivity index (χ2v) is 3.29. The molecule has 0 bridgehead atoms. The van der Waals surface area contributed by atoms with E-state index in [-0.39, 0.29) is 12.3 Å². The maximum absolute atomic E-state index is 10.4. The SMILES string of the molecule is CC(CC(=O)O)Cc1cn(C)nn1. The van der Waals surface area contributed by atoms with Crippen molar-refractivity contribution in [2.45, 2.75) is 19.8 Å². The normalized spacial score (nSPS) is 12.8. The summed E-state index contributed by atoms with van der Waals surface area (Å²) in [6.07, 6.45) is 2.65. The summed E-state index contributed by atoms with van der Waals surface area (Å²) in [4.78, 5) is 10.4. The van der Waals surface area contributed by atoms with Crippen LogP contribution < -0.4 is 0 Å². The molecule has 13 heavy (non-hydrogen) atoms. The molecule has 0 saturated heterocycles. The number of carbonyl (C=O) groups is 1. The summed E-state index contributed by atoms with van der Waals surface area (Å²) in [6, 6.07) is 0. The monoisotopic (exact) mass is 183 g/mol. The van der Waals surface area contributed by atoms with Crippen molar-refractivity contribution in [2.75, 3.05) is 0 Å². The minimum atomic E-state index is -0.767. The molecular weight excluding hydrogens is 170 g/mol. The number of carboxylic acid groups (broad SMARTS) is 1. The number of hydrogen-bond acceptors (Lipinski definition) is 3. The highest BCUT2D eigenvalue weighted by Crippen LogP contribution is 2.08. The summed E-state index contributed by atoms with van der Waals surface area (Å²) >= 11 is 0. The first-order chi connectivity index (χ1) is 6.08. The van der Waals surface area contributed by atoms with Crippen LogP contribution >= 0.6 is 0 Å². The maximum atomic E-state index is 10.4. The molecule has 0 aromatic carbocycles. The van der Waals surface area contributed by atoms with Crippen LogP contribution in [0, 0.1) is 5.92 Å². The van der Waals surface area contributed by atoms with Crippen molar-refractivity contribution in [1.29, 1.82) is 0 Å². The molecule has 1 aromatic heterocycles. The lowest BCUT2D eigenvalue weighted by Gasteiger charge is -2.04. The third kappa shape index (κ3) is 3.23. The zero-order chi connectivity index (χ0) is 9.84. The highest BCUT2D eigenvalue weighted by molar-refractivity contribution is 5.66. The van der Waals surface area contributed by atoms with Gasteiger partial charge in [-0.3, -0.25) is 9.48 Å². The number of aliphatic carboxylic acids is 1. The molecule has 5 heteroatoms. The molecular formula is C8H13N3O2. The summed E-state index contributed by atoms with van der Waals surface area (Å²) in [5.41, 5.74) is 0.844. The molecule has 0 radical (unpaired) electrons. The van der Waals surface area contributed by atoms with Crippen LogP contribution in [0.15, 0.2) is 6.20 Å². The van der Waals surface area contributed by atoms with Gasteiger partial charge in [0.05, 0.1) is 5.69 Å². The highest BCUT2D eigenvalue weighted by atomic mass is 16.4. The van der Waals surface area contributed by atoms with Crippen molar-refractivity contribution in [3.63, 3.8) is 0 Å². The average molecular weight is 183 g/mol. The Morgan fingerprint density at radius 3 is 2.92 bits per heavy atom. The van der Waals surface area contributed by atoms with E-state index in [0.717, 1.165) is 5.69 Å². The van der Waals surface area contributed by atoms with Crippen molar-refractivity contribution in [2.24, 2.45) is 13.0 Å². The second-order valence-electron chi connectivity index (χ2n) is 3.29. The minimum absolute atomic E-state index is 0.106. The van der Waals surface area contributed by atoms with Crippen molar-refractivity contribution < 1.29 is 9.90 Å². The number of aromatic nitrogens is 3. The van der Waals surface area contributed by atoms with Gasteiger partial charge in [0.15, 0.2) is 0 Å². The van der Waals surface area contributed by atoms with E-state index < -0.39 is 5.97 Å². The quantitative estimate of drug-likeness (QED) is 0.736. The fraction of sp³-hybridized carbons (Fsp3) is 0.625. The lowest BCUT2D eigenvalue weighted by atomic mass is 10.0. The van der Waals surface area contributed by atoms with Gasteiger partial charge in [0, 0.05) is 19.7 Å². The molecule has 0 aliphatic heterocycles. The minimum Gasteiger partial charge on any atom is -0.481 e. The molecule has 1 unspecified atom stereocenters. The maximum Gasteiger partial charge on any atom is 0.303 e. The molecule has 0 fully saturated rings. The molecule has 0 amide bonds. The Hall–Kier alpha value is -1.39. The van der Waals surface area contributed by atoms with E-state index >= 15 is 0 Å². The topological polar surface area (TPSA) is 68.0 Å². The molecule has 1 atom stereocenters. The fourth-order valence-corrected chi connectivity index (χ4v) is 1.22. The summed E-state index contributed by atoms with van der Waals surface area (Å²) in [6.45, 7) is 1.89. The Morgan fingerprint density at radius 2 is 2.46 bits per heavy atom. The van der Waals surface area contributed by atoms with Gasteiger partial charge in [-0.25, -0.2) is 0 Å². The Labute approximate surface area is 76.4 Å². The Balaban J connectivity index is 2.44. The van der Waals surface area contributed by atoms with E-state index in [1.165, 1.54) is 0 Å². The molecule has 1 N–H and O–H groups in total. The van der Waals surface area contributed by atoms with Crippen LogP contribution in [-0.4, -0.2) is 26.1 Å². The fourth-order valence-electron chi connectivity index (χ4n) is 1.22. The van der Waals surface area contributed by atoms with E-state index in [1.807, 2.05) is 6.92 Å². The molecule has 0 aliphatic carbocycles. The summed E-state index contributed by atoms with van der Waals surface area (Å²) in [7, 11) is 1.79. The lowest BCUT2D eigenvalue weighted by molar-refractivity contribution is -0.137. The van der Waals surface area contributed by atoms with Crippen LogP contribution in [0.4, 0.5) is 0 Å². The largest absolute Gasteiger partial charge is 0.481 e. The van der Waals surface area contributed by atoms with Gasteiger partial charge >= 0.3 is 5.97 Å². The van der Waals surface area contributed by atoms with Gasteiger partial charge in [-0.2, -0.15) is 0 Å². The van der Waals surface area contributed by atoms with E-state index in [9.17, 15) is 4.79 Å². The Morgan fingerprint density at radius 1 is 1.77 bits per heavy atom. The predicted octanol–water partition coefficient (Wildman–Crippen LogP) is 0.468. The van der Waals surface area contributed by atoms with Crippen LogP contribution in [-0.2, 0) is 18.3 Å². The molecule has 1 rings (SSSR count). The third-order valence-electron chi connectivity index (χ3n) is 1.73. The second kappa shape index (κ2) is 4.02. The van der Waals surface area contributed by atoms with E-state index in [4.69, 9.17) is 5.11 Å². The number of aryl methyl sites for hydroxylation is 1. The molecule has 5 nitrogen and oxygen atoms in total. The van der Waals surface area contributed by atoms with E-state index in [2.05, 4.69) is 10.3 Å². The zero-order valence-corrected chi connectivity index (χ0v) is 7.77. The molecule has 1 heterocycles. The molecule has 1 aromatic rings. The first-order valence-electron chi connectivity index (χ1n) is 4.15. The average Bonchev–Trinajstić information content (AvgIpc) is 2.33. The number of nitrogens with zero attached hydrogens (tertiary/aromatic N) is 3. The van der Waals surface area contributed by atoms with Crippen molar-refractivity contribution in [1.82, 2.24) is 15.0 Å². The van der Waals surface area contributed by atoms with Gasteiger partial charge in [0.1, 0.15) is 0 Å². The molecule has 0 spiro atoms. The van der Waals surface area contributed by atoms with Gasteiger partial charge in [0.25, 0.3) is 0 Å². The van der Waals surface area contributed by atoms with Gasteiger partial charge in [-0.05, 0) is 12.3 Å². The standard InChI is InChI=1S/C8H13N3O2/c1-6(4-8(12)13)3-7-5-11(2)10-9-7/h5-6H,3-4H2,1-2H3,(H,12,13). The van der Waals surface area contributed by atoms with Gasteiger partial charge < -0.3 is 5.11 Å². The van der Waals surface area contributed by atoms with Crippen LogP contribution in [0.25, 0.3) is 0 Å². The molecule has 0 saturated carbocycles. The number of hydrogen-bond donors (Lipinski definition) is 1. The number of rotatable bonds is 4. The van der Waals surface area contributed by atoms with Crippen molar-refractivity contribution in [3.8, 4) is 0 Å². The third-order valence-corrected chi connectivity index (χ3v) is 1.73. The zero-order valence-electron chi connectivity index (χ0n) is 7.77. The summed E-state index contributed by atoms with van der Waals surface area (Å²) in [5.74, 6) is -0.661. The van der Waals surface area contributed by atoms with Gasteiger partial charge in [-0.1, -0.05) is 12.1 Å². The van der Waals surface area contributed by atoms with Crippen LogP contribution in [0.2, 0.25) is 0 Å². The van der Waals surface area contributed by atoms with Gasteiger partial charge in [0.2, 0.25) is 0 Å². The van der Waals surface area contributed by atoms with E-state index in [0.29, 0.717) is 6.42 Å². The van der Waals surface area contributed by atoms with E-state index in [1.54, 1.807) is 17.9 Å². The Kier molecular flexibility index (Phi) is 3.00. The predicted molar refractivity (Wildman–Crippen MR) is 46.1 cm³/mol. The number of carboxylic acids is 1. The summed E-state index contributed by atoms with van der Waals surface area (Å²) in [5, 5.41) is 16.2. The van der Waals surface area contributed by atoms with Crippen LogP contribution in [0.3, 0.4) is 0 Å². The van der Waals surface area contributed by atoms with Gasteiger partial charge in [-0.15, -0.1) is 5.10 Å². The molecule has 72 valence electrons. The first kappa shape index (κ1) is 9.70. The van der Waals surface area contributed by atoms with Crippen molar-refractivity contribution >= 4 is 5.97 Å². The van der Waals surface area contributed by atoms with Crippen LogP contribution in [0.5, 0.6) is 0 Å².